The maximum atomic E-state index is 5.68. The number of benzene rings is 1. The molecule has 2 aromatic rings. The van der Waals surface area contributed by atoms with Crippen LogP contribution in [0.15, 0.2) is 23.2 Å². The van der Waals surface area contributed by atoms with Crippen LogP contribution in [0.25, 0.3) is 0 Å². The molecule has 1 aliphatic rings. The minimum Gasteiger partial charge on any atom is -0.486 e. The molecule has 0 aliphatic carbocycles. The van der Waals surface area contributed by atoms with E-state index in [-0.39, 0.29) is 24.0 Å². The zero-order valence-corrected chi connectivity index (χ0v) is 19.4. The highest BCUT2D eigenvalue weighted by molar-refractivity contribution is 14.0. The minimum absolute atomic E-state index is 0. The summed E-state index contributed by atoms with van der Waals surface area (Å²) in [6.07, 6.45) is 0. The number of ether oxygens (including phenoxy) is 2. The molecule has 0 atom stereocenters. The summed E-state index contributed by atoms with van der Waals surface area (Å²) < 4.78 is 11.3. The van der Waals surface area contributed by atoms with E-state index in [4.69, 9.17) is 14.5 Å². The first kappa shape index (κ1) is 21.7. The summed E-state index contributed by atoms with van der Waals surface area (Å²) in [4.78, 5) is 12.6. The number of nitrogens with one attached hydrogen (secondary N) is 1. The summed E-state index contributed by atoms with van der Waals surface area (Å²) in [5, 5.41) is 4.45. The molecule has 1 aromatic heterocycles. The van der Waals surface area contributed by atoms with Gasteiger partial charge < -0.3 is 19.7 Å². The largest absolute Gasteiger partial charge is 0.486 e. The summed E-state index contributed by atoms with van der Waals surface area (Å²) in [7, 11) is 2.04. The quantitative estimate of drug-likeness (QED) is 0.384. The van der Waals surface area contributed by atoms with Crippen molar-refractivity contribution in [3.8, 4) is 11.5 Å². The van der Waals surface area contributed by atoms with Crippen molar-refractivity contribution in [3.63, 3.8) is 0 Å². The Morgan fingerprint density at radius 3 is 2.67 bits per heavy atom. The smallest absolute Gasteiger partial charge is 0.194 e. The van der Waals surface area contributed by atoms with Crippen molar-refractivity contribution in [1.82, 2.24) is 15.2 Å². The van der Waals surface area contributed by atoms with Gasteiger partial charge in [-0.2, -0.15) is 0 Å². The highest BCUT2D eigenvalue weighted by Crippen LogP contribution is 2.31. The first-order valence-electron chi connectivity index (χ1n) is 8.87. The van der Waals surface area contributed by atoms with E-state index in [0.29, 0.717) is 19.8 Å². The van der Waals surface area contributed by atoms with Crippen LogP contribution in [0.5, 0.6) is 11.5 Å². The van der Waals surface area contributed by atoms with Crippen LogP contribution in [0.1, 0.15) is 28.1 Å². The van der Waals surface area contributed by atoms with Crippen molar-refractivity contribution >= 4 is 41.3 Å². The maximum absolute atomic E-state index is 5.68. The van der Waals surface area contributed by atoms with Gasteiger partial charge in [0.25, 0.3) is 0 Å². The zero-order valence-electron chi connectivity index (χ0n) is 16.2. The van der Waals surface area contributed by atoms with Crippen molar-refractivity contribution < 1.29 is 9.47 Å². The first-order valence-corrected chi connectivity index (χ1v) is 9.69. The van der Waals surface area contributed by atoms with Gasteiger partial charge in [-0.1, -0.05) is 6.07 Å². The van der Waals surface area contributed by atoms with E-state index in [0.717, 1.165) is 46.8 Å². The molecule has 0 saturated heterocycles. The third kappa shape index (κ3) is 5.71. The number of aryl methyl sites for hydroxylation is 2. The Balaban J connectivity index is 0.00000261. The number of aliphatic imine (C=N–C) groups is 1. The lowest BCUT2D eigenvalue weighted by Crippen LogP contribution is -2.38. The molecule has 2 heterocycles. The van der Waals surface area contributed by atoms with E-state index >= 15 is 0 Å². The number of fused-ring (bicyclic) bond motifs is 1. The van der Waals surface area contributed by atoms with E-state index in [9.17, 15) is 0 Å². The molecule has 1 N–H and O–H groups in total. The van der Waals surface area contributed by atoms with Gasteiger partial charge in [-0.3, -0.25) is 0 Å². The zero-order chi connectivity index (χ0) is 18.5. The Bertz CT molecular complexity index is 794. The number of aromatic nitrogens is 1. The molecular formula is C19H27IN4O2S. The summed E-state index contributed by atoms with van der Waals surface area (Å²) in [6, 6.07) is 6.10. The van der Waals surface area contributed by atoms with E-state index < -0.39 is 0 Å². The third-order valence-electron chi connectivity index (χ3n) is 4.09. The molecular weight excluding hydrogens is 475 g/mol. The fraction of sp³-hybridized carbons (Fsp3) is 0.474. The Kier molecular flexibility index (Phi) is 8.15. The van der Waals surface area contributed by atoms with Crippen molar-refractivity contribution in [3.05, 3.63) is 39.3 Å². The molecule has 148 valence electrons. The minimum atomic E-state index is 0. The van der Waals surface area contributed by atoms with Gasteiger partial charge in [-0.15, -0.1) is 35.3 Å². The summed E-state index contributed by atoms with van der Waals surface area (Å²) >= 11 is 1.71. The molecule has 0 radical (unpaired) electrons. The molecule has 27 heavy (non-hydrogen) atoms. The molecule has 8 heteroatoms. The maximum Gasteiger partial charge on any atom is 0.194 e. The fourth-order valence-corrected chi connectivity index (χ4v) is 3.73. The van der Waals surface area contributed by atoms with Crippen LogP contribution in [-0.4, -0.2) is 42.6 Å². The number of halogens is 1. The molecule has 0 unspecified atom stereocenters. The van der Waals surface area contributed by atoms with Crippen LogP contribution in [0.3, 0.4) is 0 Å². The second-order valence-electron chi connectivity index (χ2n) is 6.25. The fourth-order valence-electron chi connectivity index (χ4n) is 2.87. The van der Waals surface area contributed by atoms with Gasteiger partial charge in [0, 0.05) is 25.0 Å². The van der Waals surface area contributed by atoms with Gasteiger partial charge in [0.1, 0.15) is 13.2 Å². The average molecular weight is 502 g/mol. The van der Waals surface area contributed by atoms with Gasteiger partial charge in [0.15, 0.2) is 17.5 Å². The third-order valence-corrected chi connectivity index (χ3v) is 5.15. The highest BCUT2D eigenvalue weighted by atomic mass is 127. The number of thiazole rings is 1. The number of rotatable bonds is 5. The van der Waals surface area contributed by atoms with Gasteiger partial charge in [-0.05, 0) is 38.5 Å². The number of guanidine groups is 1. The molecule has 0 spiro atoms. The van der Waals surface area contributed by atoms with E-state index in [2.05, 4.69) is 28.2 Å². The first-order chi connectivity index (χ1) is 12.6. The van der Waals surface area contributed by atoms with Crippen molar-refractivity contribution in [2.45, 2.75) is 33.9 Å². The lowest BCUT2D eigenvalue weighted by atomic mass is 10.2. The number of nitrogens with zero attached hydrogens (tertiary/aromatic N) is 3. The van der Waals surface area contributed by atoms with Gasteiger partial charge in [0.05, 0.1) is 17.2 Å². The average Bonchev–Trinajstić information content (AvgIpc) is 2.95. The Hall–Kier alpha value is -1.55. The highest BCUT2D eigenvalue weighted by Gasteiger charge is 2.14. The molecule has 1 aliphatic heterocycles. The van der Waals surface area contributed by atoms with Gasteiger partial charge in [-0.25, -0.2) is 9.98 Å². The normalized spacial score (nSPS) is 13.1. The molecule has 1 aromatic carbocycles. The second-order valence-corrected chi connectivity index (χ2v) is 7.53. The summed E-state index contributed by atoms with van der Waals surface area (Å²) in [5.74, 6) is 2.52. The standard InChI is InChI=1S/C19H26N4O2S.HI/c1-5-20-19(21-11-18-13(2)22-14(3)26-18)23(4)12-15-6-7-16-17(10-15)25-9-8-24-16;/h6-7,10H,5,8-9,11-12H2,1-4H3,(H,20,21);1H. The van der Waals surface area contributed by atoms with Crippen LogP contribution in [0.4, 0.5) is 0 Å². The van der Waals surface area contributed by atoms with E-state index in [1.807, 2.05) is 33.0 Å². The van der Waals surface area contributed by atoms with Gasteiger partial charge in [0.2, 0.25) is 0 Å². The van der Waals surface area contributed by atoms with E-state index in [1.165, 1.54) is 4.88 Å². The topological polar surface area (TPSA) is 59.0 Å². The monoisotopic (exact) mass is 502 g/mol. The van der Waals surface area contributed by atoms with Crippen molar-refractivity contribution in [1.29, 1.82) is 0 Å². The molecule has 3 rings (SSSR count). The van der Waals surface area contributed by atoms with Crippen molar-refractivity contribution in [2.24, 2.45) is 4.99 Å². The van der Waals surface area contributed by atoms with Crippen LogP contribution in [0, 0.1) is 13.8 Å². The van der Waals surface area contributed by atoms with E-state index in [1.54, 1.807) is 11.3 Å². The lowest BCUT2D eigenvalue weighted by molar-refractivity contribution is 0.171. The predicted octanol–water partition coefficient (Wildman–Crippen LogP) is 3.75. The van der Waals surface area contributed by atoms with Gasteiger partial charge >= 0.3 is 0 Å². The Labute approximate surface area is 182 Å². The summed E-state index contributed by atoms with van der Waals surface area (Å²) in [5.41, 5.74) is 2.23. The lowest BCUT2D eigenvalue weighted by Gasteiger charge is -2.23. The molecule has 0 amide bonds. The number of hydrogen-bond donors (Lipinski definition) is 1. The molecule has 0 saturated carbocycles. The molecule has 0 fully saturated rings. The van der Waals surface area contributed by atoms with Crippen molar-refractivity contribution in [2.75, 3.05) is 26.8 Å². The Morgan fingerprint density at radius 1 is 1.26 bits per heavy atom. The number of hydrogen-bond acceptors (Lipinski definition) is 5. The van der Waals surface area contributed by atoms with Crippen LogP contribution < -0.4 is 14.8 Å². The molecule has 0 bridgehead atoms. The molecule has 6 nitrogen and oxygen atoms in total. The van der Waals surface area contributed by atoms with Crippen LogP contribution in [-0.2, 0) is 13.1 Å². The Morgan fingerprint density at radius 2 is 2.00 bits per heavy atom. The van der Waals surface area contributed by atoms with Crippen LogP contribution >= 0.6 is 35.3 Å². The predicted molar refractivity (Wildman–Crippen MR) is 121 cm³/mol. The van der Waals surface area contributed by atoms with Crippen LogP contribution in [0.2, 0.25) is 0 Å². The SMILES string of the molecule is CCNC(=NCc1sc(C)nc1C)N(C)Cc1ccc2c(c1)OCCO2.I. The summed E-state index contributed by atoms with van der Waals surface area (Å²) in [6.45, 7) is 9.57. The second kappa shape index (κ2) is 10.1.